The van der Waals surface area contributed by atoms with Crippen molar-refractivity contribution in [3.63, 3.8) is 0 Å². The Balaban J connectivity index is 1.73. The third kappa shape index (κ3) is 3.68. The highest BCUT2D eigenvalue weighted by atomic mass is 16.5. The molecule has 0 saturated heterocycles. The lowest BCUT2D eigenvalue weighted by atomic mass is 10.3. The summed E-state index contributed by atoms with van der Waals surface area (Å²) in [4.78, 5) is 19.8. The van der Waals surface area contributed by atoms with E-state index in [1.54, 1.807) is 42.5 Å². The van der Waals surface area contributed by atoms with E-state index in [-0.39, 0.29) is 12.1 Å². The lowest BCUT2D eigenvalue weighted by Gasteiger charge is -2.27. The van der Waals surface area contributed by atoms with Gasteiger partial charge in [-0.25, -0.2) is 4.79 Å². The Kier molecular flexibility index (Phi) is 4.57. The number of rotatable bonds is 3. The number of pyridine rings is 1. The number of fused-ring (bicyclic) bond motifs is 1. The third-order valence-corrected chi connectivity index (χ3v) is 3.82. The fraction of sp³-hybridized carbons (Fsp3) is 0.438. The van der Waals surface area contributed by atoms with Crippen LogP contribution >= 0.6 is 0 Å². The van der Waals surface area contributed by atoms with E-state index in [0.29, 0.717) is 26.2 Å². The second-order valence-electron chi connectivity index (χ2n) is 5.86. The van der Waals surface area contributed by atoms with Gasteiger partial charge in [0.05, 0.1) is 38.0 Å². The average Bonchev–Trinajstić information content (AvgIpc) is 2.91. The third-order valence-electron chi connectivity index (χ3n) is 3.82. The van der Waals surface area contributed by atoms with Crippen LogP contribution in [0.25, 0.3) is 0 Å². The number of aromatic nitrogens is 3. The first-order valence-electron chi connectivity index (χ1n) is 7.61. The van der Waals surface area contributed by atoms with Crippen LogP contribution in [0.1, 0.15) is 11.3 Å². The Hall–Kier alpha value is -2.41. The normalized spacial score (nSPS) is 17.5. The minimum Gasteiger partial charge on any atom is -0.370 e. The fourth-order valence-electron chi connectivity index (χ4n) is 2.65. The summed E-state index contributed by atoms with van der Waals surface area (Å²) in [6, 6.07) is 5.79. The molecular weight excluding hydrogens is 294 g/mol. The van der Waals surface area contributed by atoms with Gasteiger partial charge in [-0.05, 0) is 17.7 Å². The molecule has 0 unspecified atom stereocenters. The van der Waals surface area contributed by atoms with Gasteiger partial charge in [0.2, 0.25) is 0 Å². The maximum Gasteiger partial charge on any atom is 0.319 e. The van der Waals surface area contributed by atoms with Crippen molar-refractivity contribution in [3.8, 4) is 0 Å². The molecule has 0 radical (unpaired) electrons. The molecule has 0 aliphatic carbocycles. The Morgan fingerprint density at radius 1 is 1.35 bits per heavy atom. The quantitative estimate of drug-likeness (QED) is 0.858. The SMILES string of the molecule is CN(C)C(=O)N1Cc2ccnn2C[C@H](OCc2cccnc2)C1. The van der Waals surface area contributed by atoms with Gasteiger partial charge < -0.3 is 14.5 Å². The molecule has 3 heterocycles. The van der Waals surface area contributed by atoms with E-state index in [1.165, 1.54) is 0 Å². The molecule has 3 rings (SSSR count). The highest BCUT2D eigenvalue weighted by molar-refractivity contribution is 5.73. The van der Waals surface area contributed by atoms with E-state index in [9.17, 15) is 4.79 Å². The van der Waals surface area contributed by atoms with Crippen molar-refractivity contribution in [1.82, 2.24) is 24.6 Å². The van der Waals surface area contributed by atoms with E-state index >= 15 is 0 Å². The predicted molar refractivity (Wildman–Crippen MR) is 84.5 cm³/mol. The molecule has 2 aromatic heterocycles. The molecule has 1 atom stereocenters. The number of urea groups is 1. The van der Waals surface area contributed by atoms with Crippen LogP contribution in [0, 0.1) is 0 Å². The molecule has 122 valence electrons. The summed E-state index contributed by atoms with van der Waals surface area (Å²) in [7, 11) is 3.52. The molecule has 1 aliphatic rings. The maximum atomic E-state index is 12.4. The van der Waals surface area contributed by atoms with Gasteiger partial charge in [-0.3, -0.25) is 9.67 Å². The molecule has 23 heavy (non-hydrogen) atoms. The van der Waals surface area contributed by atoms with Gasteiger partial charge in [0.15, 0.2) is 0 Å². The van der Waals surface area contributed by atoms with Crippen LogP contribution in [0.3, 0.4) is 0 Å². The van der Waals surface area contributed by atoms with Crippen LogP contribution in [-0.2, 0) is 24.4 Å². The number of ether oxygens (including phenoxy) is 1. The van der Waals surface area contributed by atoms with Gasteiger partial charge in [-0.15, -0.1) is 0 Å². The smallest absolute Gasteiger partial charge is 0.319 e. The van der Waals surface area contributed by atoms with Crippen molar-refractivity contribution < 1.29 is 9.53 Å². The first kappa shape index (κ1) is 15.5. The van der Waals surface area contributed by atoms with Crippen LogP contribution in [0.4, 0.5) is 4.79 Å². The highest BCUT2D eigenvalue weighted by Gasteiger charge is 2.26. The average molecular weight is 315 g/mol. The Bertz CT molecular complexity index is 656. The monoisotopic (exact) mass is 315 g/mol. The zero-order valence-corrected chi connectivity index (χ0v) is 13.4. The molecule has 2 aromatic rings. The van der Waals surface area contributed by atoms with Gasteiger partial charge in [0.25, 0.3) is 0 Å². The lowest BCUT2D eigenvalue weighted by Crippen LogP contribution is -2.42. The van der Waals surface area contributed by atoms with Crippen molar-refractivity contribution in [2.24, 2.45) is 0 Å². The summed E-state index contributed by atoms with van der Waals surface area (Å²) in [5, 5.41) is 4.33. The van der Waals surface area contributed by atoms with Crippen molar-refractivity contribution in [2.45, 2.75) is 25.8 Å². The van der Waals surface area contributed by atoms with Crippen molar-refractivity contribution in [3.05, 3.63) is 48.0 Å². The molecule has 7 nitrogen and oxygen atoms in total. The van der Waals surface area contributed by atoms with Crippen LogP contribution in [0.5, 0.6) is 0 Å². The van der Waals surface area contributed by atoms with E-state index in [4.69, 9.17) is 4.74 Å². The Labute approximate surface area is 135 Å². The minimum absolute atomic E-state index is 0.0189. The lowest BCUT2D eigenvalue weighted by molar-refractivity contribution is 0.0130. The molecule has 0 saturated carbocycles. The minimum atomic E-state index is -0.111. The summed E-state index contributed by atoms with van der Waals surface area (Å²) in [5.41, 5.74) is 2.04. The zero-order valence-electron chi connectivity index (χ0n) is 13.4. The van der Waals surface area contributed by atoms with Gasteiger partial charge in [0.1, 0.15) is 0 Å². The van der Waals surface area contributed by atoms with Crippen molar-refractivity contribution >= 4 is 6.03 Å². The Morgan fingerprint density at radius 2 is 2.22 bits per heavy atom. The highest BCUT2D eigenvalue weighted by Crippen LogP contribution is 2.16. The summed E-state index contributed by atoms with van der Waals surface area (Å²) in [6.45, 7) is 2.20. The largest absolute Gasteiger partial charge is 0.370 e. The molecule has 7 heteroatoms. The van der Waals surface area contributed by atoms with Crippen molar-refractivity contribution in [1.29, 1.82) is 0 Å². The second kappa shape index (κ2) is 6.78. The van der Waals surface area contributed by atoms with E-state index in [2.05, 4.69) is 10.1 Å². The molecule has 1 aliphatic heterocycles. The summed E-state index contributed by atoms with van der Waals surface area (Å²) < 4.78 is 7.94. The Morgan fingerprint density at radius 3 is 2.96 bits per heavy atom. The van der Waals surface area contributed by atoms with Gasteiger partial charge in [0, 0.05) is 32.7 Å². The zero-order chi connectivity index (χ0) is 16.2. The van der Waals surface area contributed by atoms with Gasteiger partial charge in [-0.2, -0.15) is 5.10 Å². The topological polar surface area (TPSA) is 63.5 Å². The first-order valence-corrected chi connectivity index (χ1v) is 7.61. The summed E-state index contributed by atoms with van der Waals surface area (Å²) in [5.74, 6) is 0. The molecular formula is C16H21N5O2. The number of nitrogens with zero attached hydrogens (tertiary/aromatic N) is 5. The van der Waals surface area contributed by atoms with Crippen LogP contribution < -0.4 is 0 Å². The number of amides is 2. The predicted octanol–water partition coefficient (Wildman–Crippen LogP) is 1.36. The summed E-state index contributed by atoms with van der Waals surface area (Å²) in [6.07, 6.45) is 5.18. The first-order chi connectivity index (χ1) is 11.1. The number of hydrogen-bond donors (Lipinski definition) is 0. The van der Waals surface area contributed by atoms with Crippen molar-refractivity contribution in [2.75, 3.05) is 20.6 Å². The van der Waals surface area contributed by atoms with Gasteiger partial charge >= 0.3 is 6.03 Å². The van der Waals surface area contributed by atoms with Crippen LogP contribution in [0.15, 0.2) is 36.8 Å². The number of hydrogen-bond acceptors (Lipinski definition) is 4. The maximum absolute atomic E-state index is 12.4. The second-order valence-corrected chi connectivity index (χ2v) is 5.86. The molecule has 0 fully saturated rings. The molecule has 0 spiro atoms. The summed E-state index contributed by atoms with van der Waals surface area (Å²) >= 11 is 0. The fourth-order valence-corrected chi connectivity index (χ4v) is 2.65. The molecule has 0 bridgehead atoms. The molecule has 0 N–H and O–H groups in total. The van der Waals surface area contributed by atoms with E-state index < -0.39 is 0 Å². The van der Waals surface area contributed by atoms with E-state index in [1.807, 2.05) is 22.9 Å². The van der Waals surface area contributed by atoms with Crippen LogP contribution in [-0.4, -0.2) is 57.3 Å². The molecule has 0 aromatic carbocycles. The molecule has 2 amide bonds. The number of carbonyl (C=O) groups excluding carboxylic acids is 1. The van der Waals surface area contributed by atoms with Crippen LogP contribution in [0.2, 0.25) is 0 Å². The standard InChI is InChI=1S/C16H21N5O2/c1-19(2)16(22)20-9-14-5-7-18-21(14)11-15(10-20)23-12-13-4-3-6-17-8-13/h3-8,15H,9-12H2,1-2H3/t15-/m1/s1. The number of carbonyl (C=O) groups is 1. The van der Waals surface area contributed by atoms with Gasteiger partial charge in [-0.1, -0.05) is 6.07 Å². The van der Waals surface area contributed by atoms with E-state index in [0.717, 1.165) is 11.3 Å².